The third kappa shape index (κ3) is 24.9. The van der Waals surface area contributed by atoms with E-state index in [4.69, 9.17) is 47.4 Å². The number of hydrogen-bond acceptors (Lipinski definition) is 21. The van der Waals surface area contributed by atoms with E-state index in [-0.39, 0.29) is 32.4 Å². The summed E-state index contributed by atoms with van der Waals surface area (Å²) in [4.78, 5) is 93.5. The number of alkyl carbamates (subject to hydrolysis) is 6. The van der Waals surface area contributed by atoms with Crippen LogP contribution >= 0.6 is 0 Å². The van der Waals surface area contributed by atoms with Gasteiger partial charge in [-0.15, -0.1) is 0 Å². The summed E-state index contributed by atoms with van der Waals surface area (Å²) >= 11 is 0. The standard InChI is InChI=1S/C52H93N7O21/c1-47(2,3)75-41(65)53-22-21-30(61)38(64)55-28-23-29(57-44(68)78-50(10,11)12)37(73-39-27(56-43(67)77-49(7,8)9)20-19-26(71-39)24-54-42(66)76-48(4,5)6)35(63)36(28)74-40-33(59-46(70)80-52(16,17)18)32(34(62)31(25-60)72-40)58-45(69)79-51(13,14)15/h26-37,39-40,60-63H,19-25H2,1-18H3,(H,53,65)(H,54,66)(H,55,64)(H,56,67)(H,57,68)(H,58,69)(H,59,70)/t26-,27+,28+,29-,30-,31+,32+,33+,34+,35+,36-,37+,39+,40+/m0/s1. The fourth-order valence-electron chi connectivity index (χ4n) is 8.32. The highest BCUT2D eigenvalue weighted by Crippen LogP contribution is 2.34. The molecule has 1 saturated carbocycles. The fourth-order valence-corrected chi connectivity index (χ4v) is 8.32. The topological polar surface area (TPSA) is 377 Å². The summed E-state index contributed by atoms with van der Waals surface area (Å²) in [5, 5.41) is 64.7. The molecule has 80 heavy (non-hydrogen) atoms. The summed E-state index contributed by atoms with van der Waals surface area (Å²) in [5.41, 5.74) is -5.88. The van der Waals surface area contributed by atoms with Gasteiger partial charge in [-0.25, -0.2) is 28.8 Å². The molecule has 0 unspecified atom stereocenters. The molecule has 3 fully saturated rings. The molecule has 0 spiro atoms. The monoisotopic (exact) mass is 1150 g/mol. The zero-order valence-corrected chi connectivity index (χ0v) is 49.8. The molecule has 0 bridgehead atoms. The third-order valence-corrected chi connectivity index (χ3v) is 11.3. The summed E-state index contributed by atoms with van der Waals surface area (Å²) in [5.74, 6) is -1.06. The van der Waals surface area contributed by atoms with Crippen LogP contribution in [0.1, 0.15) is 150 Å². The molecule has 7 amide bonds. The fraction of sp³-hybridized carbons (Fsp3) is 0.865. The van der Waals surface area contributed by atoms with Crippen LogP contribution in [0.2, 0.25) is 0 Å². The number of aliphatic hydroxyl groups is 4. The van der Waals surface area contributed by atoms with Crippen LogP contribution in [0.5, 0.6) is 0 Å². The Bertz CT molecular complexity index is 2080. The van der Waals surface area contributed by atoms with Crippen LogP contribution in [0.4, 0.5) is 28.8 Å². The lowest BCUT2D eigenvalue weighted by molar-refractivity contribution is -0.299. The van der Waals surface area contributed by atoms with Gasteiger partial charge >= 0.3 is 36.6 Å². The Labute approximate surface area is 469 Å². The summed E-state index contributed by atoms with van der Waals surface area (Å²) in [6.07, 6.45) is -20.9. The first-order valence-electron chi connectivity index (χ1n) is 26.9. The number of carbonyl (C=O) groups excluding carboxylic acids is 7. The Kier molecular flexibility index (Phi) is 24.3. The minimum absolute atomic E-state index is 0.113. The molecule has 0 aromatic carbocycles. The van der Waals surface area contributed by atoms with Gasteiger partial charge < -0.3 is 105 Å². The third-order valence-electron chi connectivity index (χ3n) is 11.3. The molecule has 11 N–H and O–H groups in total. The molecule has 28 heteroatoms. The van der Waals surface area contributed by atoms with Crippen molar-refractivity contribution in [2.45, 2.75) is 269 Å². The van der Waals surface area contributed by atoms with Crippen LogP contribution in [0.25, 0.3) is 0 Å². The molecule has 3 aliphatic rings. The molecule has 2 aliphatic heterocycles. The van der Waals surface area contributed by atoms with Gasteiger partial charge in [0.25, 0.3) is 0 Å². The van der Waals surface area contributed by atoms with Gasteiger partial charge in [-0.1, -0.05) is 0 Å². The zero-order chi connectivity index (χ0) is 61.1. The van der Waals surface area contributed by atoms with E-state index >= 15 is 0 Å². The van der Waals surface area contributed by atoms with Crippen LogP contribution in [-0.2, 0) is 52.2 Å². The molecule has 462 valence electrons. The summed E-state index contributed by atoms with van der Waals surface area (Å²) in [6, 6.07) is -7.16. The minimum Gasteiger partial charge on any atom is -0.444 e. The van der Waals surface area contributed by atoms with Crippen LogP contribution < -0.4 is 37.2 Å². The van der Waals surface area contributed by atoms with Gasteiger partial charge in [0.05, 0.1) is 36.9 Å². The Morgan fingerprint density at radius 3 is 1.35 bits per heavy atom. The van der Waals surface area contributed by atoms with Gasteiger partial charge in [0.15, 0.2) is 12.6 Å². The highest BCUT2D eigenvalue weighted by atomic mass is 16.7. The van der Waals surface area contributed by atoms with Crippen molar-refractivity contribution >= 4 is 42.5 Å². The first kappa shape index (κ1) is 69.0. The Hall–Kier alpha value is -5.23. The molecule has 2 heterocycles. The second-order valence-electron chi connectivity index (χ2n) is 25.9. The number of amides is 7. The molecule has 28 nitrogen and oxygen atoms in total. The number of aliphatic hydroxyl groups excluding tert-OH is 4. The van der Waals surface area contributed by atoms with Crippen molar-refractivity contribution in [1.29, 1.82) is 0 Å². The van der Waals surface area contributed by atoms with Crippen molar-refractivity contribution in [3.05, 3.63) is 0 Å². The average molecular weight is 1150 g/mol. The highest BCUT2D eigenvalue weighted by Gasteiger charge is 2.54. The maximum Gasteiger partial charge on any atom is 0.408 e. The van der Waals surface area contributed by atoms with Gasteiger partial charge in [-0.3, -0.25) is 4.79 Å². The number of rotatable bonds is 16. The summed E-state index contributed by atoms with van der Waals surface area (Å²) < 4.78 is 58.7. The first-order chi connectivity index (χ1) is 36.4. The van der Waals surface area contributed by atoms with Gasteiger partial charge in [0.1, 0.15) is 76.3 Å². The Morgan fingerprint density at radius 1 is 0.487 bits per heavy atom. The lowest BCUT2D eigenvalue weighted by Crippen LogP contribution is -2.72. The van der Waals surface area contributed by atoms with Crippen molar-refractivity contribution in [3.63, 3.8) is 0 Å². The van der Waals surface area contributed by atoms with E-state index < -0.39 is 175 Å². The van der Waals surface area contributed by atoms with Crippen LogP contribution in [0, 0.1) is 0 Å². The van der Waals surface area contributed by atoms with Gasteiger partial charge in [0.2, 0.25) is 5.91 Å². The molecule has 0 aromatic heterocycles. The molecule has 2 saturated heterocycles. The summed E-state index contributed by atoms with van der Waals surface area (Å²) in [6.45, 7) is 28.0. The number of ether oxygens (including phenoxy) is 10. The van der Waals surface area contributed by atoms with E-state index in [1.807, 2.05) is 0 Å². The SMILES string of the molecule is CC(C)(C)OC(=O)NCC[C@H](O)C(=O)N[C@@H]1C[C@H](NC(=O)OC(C)(C)C)[C@@H](O[C@H]2O[C@H](CNC(=O)OC(C)(C)C)CC[C@H]2NC(=O)OC(C)(C)C)[C@H](O)[C@H]1O[C@H]1O[C@H](CO)[C@@H](O)[C@H](NC(=O)OC(C)(C)C)[C@H]1NC(=O)OC(C)(C)C. The lowest BCUT2D eigenvalue weighted by atomic mass is 9.82. The molecule has 1 aliphatic carbocycles. The van der Waals surface area contributed by atoms with Crippen molar-refractivity contribution < 1.29 is 101 Å². The number of hydrogen-bond donors (Lipinski definition) is 11. The van der Waals surface area contributed by atoms with Crippen molar-refractivity contribution in [1.82, 2.24) is 37.2 Å². The van der Waals surface area contributed by atoms with E-state index in [9.17, 15) is 54.0 Å². The highest BCUT2D eigenvalue weighted by molar-refractivity contribution is 5.81. The van der Waals surface area contributed by atoms with E-state index in [2.05, 4.69) is 37.2 Å². The zero-order valence-electron chi connectivity index (χ0n) is 49.8. The Morgan fingerprint density at radius 2 is 0.887 bits per heavy atom. The van der Waals surface area contributed by atoms with Crippen molar-refractivity contribution in [3.8, 4) is 0 Å². The molecular formula is C52H93N7O21. The van der Waals surface area contributed by atoms with E-state index in [1.165, 1.54) is 0 Å². The summed E-state index contributed by atoms with van der Waals surface area (Å²) in [7, 11) is 0. The predicted octanol–water partition coefficient (Wildman–Crippen LogP) is 2.96. The second-order valence-corrected chi connectivity index (χ2v) is 25.9. The molecular weight excluding hydrogens is 1060 g/mol. The van der Waals surface area contributed by atoms with Crippen molar-refractivity contribution in [2.75, 3.05) is 19.7 Å². The predicted molar refractivity (Wildman–Crippen MR) is 284 cm³/mol. The maximum absolute atomic E-state index is 14.1. The molecule has 0 aromatic rings. The minimum atomic E-state index is -2.05. The van der Waals surface area contributed by atoms with Gasteiger partial charge in [0, 0.05) is 13.1 Å². The van der Waals surface area contributed by atoms with Crippen molar-refractivity contribution in [2.24, 2.45) is 0 Å². The molecule has 3 rings (SSSR count). The van der Waals surface area contributed by atoms with Gasteiger partial charge in [-0.2, -0.15) is 0 Å². The maximum atomic E-state index is 14.1. The van der Waals surface area contributed by atoms with E-state index in [0.717, 1.165) is 0 Å². The van der Waals surface area contributed by atoms with Gasteiger partial charge in [-0.05, 0) is 150 Å². The normalized spacial score (nSPS) is 28.1. The quantitative estimate of drug-likeness (QED) is 0.0990. The van der Waals surface area contributed by atoms with Crippen LogP contribution in [0.3, 0.4) is 0 Å². The average Bonchev–Trinajstić information content (AvgIpc) is 3.24. The molecule has 14 atom stereocenters. The second kappa shape index (κ2) is 28.2. The largest absolute Gasteiger partial charge is 0.444 e. The Balaban J connectivity index is 2.26. The lowest BCUT2D eigenvalue weighted by Gasteiger charge is -2.50. The van der Waals surface area contributed by atoms with Crippen LogP contribution in [-0.4, -0.2) is 202 Å². The first-order valence-corrected chi connectivity index (χ1v) is 26.9. The van der Waals surface area contributed by atoms with Crippen LogP contribution in [0.15, 0.2) is 0 Å². The number of nitrogens with one attached hydrogen (secondary N) is 7. The van der Waals surface area contributed by atoms with E-state index in [0.29, 0.717) is 0 Å². The smallest absolute Gasteiger partial charge is 0.408 e. The molecule has 0 radical (unpaired) electrons. The van der Waals surface area contributed by atoms with E-state index in [1.54, 1.807) is 125 Å². The number of carbonyl (C=O) groups is 7.